The van der Waals surface area contributed by atoms with Crippen LogP contribution in [-0.2, 0) is 0 Å². The second-order valence-electron chi connectivity index (χ2n) is 3.41. The summed E-state index contributed by atoms with van der Waals surface area (Å²) in [4.78, 5) is 0. The lowest BCUT2D eigenvalue weighted by Gasteiger charge is -2.14. The Morgan fingerprint density at radius 3 is 2.62 bits per heavy atom. The summed E-state index contributed by atoms with van der Waals surface area (Å²) in [5.74, 6) is 0.761. The topological polar surface area (TPSA) is 41.5 Å². The van der Waals surface area contributed by atoms with E-state index in [1.807, 2.05) is 19.1 Å². The molecule has 0 amide bonds. The molecule has 1 rings (SSSR count). The van der Waals surface area contributed by atoms with Gasteiger partial charge in [0, 0.05) is 17.1 Å². The summed E-state index contributed by atoms with van der Waals surface area (Å²) >= 11 is 6.86. The second-order valence-corrected chi connectivity index (χ2v) is 5.12. The fraction of sp³-hybridized carbons (Fsp3) is 0.455. The molecule has 0 aliphatic heterocycles. The van der Waals surface area contributed by atoms with Gasteiger partial charge in [-0.15, -0.1) is 0 Å². The van der Waals surface area contributed by atoms with E-state index in [0.29, 0.717) is 6.54 Å². The summed E-state index contributed by atoms with van der Waals surface area (Å²) in [7, 11) is 1.62. The zero-order valence-electron chi connectivity index (χ0n) is 9.26. The molecule has 0 aliphatic rings. The third kappa shape index (κ3) is 3.64. The number of hydrogen-bond donors (Lipinski definition) is 2. The third-order valence-electron chi connectivity index (χ3n) is 2.24. The Kier molecular flexibility index (Phi) is 5.58. The van der Waals surface area contributed by atoms with Gasteiger partial charge in [0.15, 0.2) is 0 Å². The van der Waals surface area contributed by atoms with Gasteiger partial charge in [0.05, 0.1) is 23.4 Å². The molecule has 1 unspecified atom stereocenters. The highest BCUT2D eigenvalue weighted by Gasteiger charge is 2.08. The van der Waals surface area contributed by atoms with Crippen LogP contribution in [0.3, 0.4) is 0 Å². The molecule has 2 N–H and O–H groups in total. The van der Waals surface area contributed by atoms with Crippen LogP contribution < -0.4 is 10.1 Å². The van der Waals surface area contributed by atoms with Crippen molar-refractivity contribution in [3.63, 3.8) is 0 Å². The Balaban J connectivity index is 2.79. The molecule has 0 fully saturated rings. The first kappa shape index (κ1) is 13.8. The van der Waals surface area contributed by atoms with E-state index >= 15 is 0 Å². The Morgan fingerprint density at radius 2 is 2.06 bits per heavy atom. The van der Waals surface area contributed by atoms with Crippen LogP contribution in [-0.4, -0.2) is 24.9 Å². The molecule has 16 heavy (non-hydrogen) atoms. The van der Waals surface area contributed by atoms with Gasteiger partial charge in [-0.2, -0.15) is 0 Å². The minimum absolute atomic E-state index is 0.332. The molecule has 90 valence electrons. The van der Waals surface area contributed by atoms with Gasteiger partial charge in [-0.3, -0.25) is 0 Å². The standard InChI is InChI=1S/C11H15Br2NO2/c1-3-7(15)6-14-10-5-11(16-2)9(13)4-8(10)12/h4-5,7,14-15H,3,6H2,1-2H3. The van der Waals surface area contributed by atoms with E-state index in [2.05, 4.69) is 37.2 Å². The number of ether oxygens (including phenoxy) is 1. The van der Waals surface area contributed by atoms with Crippen molar-refractivity contribution >= 4 is 37.5 Å². The van der Waals surface area contributed by atoms with E-state index in [0.717, 1.165) is 26.8 Å². The highest BCUT2D eigenvalue weighted by molar-refractivity contribution is 9.11. The Bertz CT molecular complexity index is 358. The zero-order valence-corrected chi connectivity index (χ0v) is 12.4. The van der Waals surface area contributed by atoms with E-state index in [9.17, 15) is 5.11 Å². The number of methoxy groups -OCH3 is 1. The van der Waals surface area contributed by atoms with Crippen LogP contribution in [0.15, 0.2) is 21.1 Å². The SMILES string of the molecule is CCC(O)CNc1cc(OC)c(Br)cc1Br. The van der Waals surface area contributed by atoms with E-state index in [-0.39, 0.29) is 6.10 Å². The van der Waals surface area contributed by atoms with Crippen LogP contribution in [0.1, 0.15) is 13.3 Å². The van der Waals surface area contributed by atoms with Crippen molar-refractivity contribution in [3.8, 4) is 5.75 Å². The van der Waals surface area contributed by atoms with E-state index in [1.165, 1.54) is 0 Å². The van der Waals surface area contributed by atoms with Crippen molar-refractivity contribution in [2.75, 3.05) is 19.0 Å². The van der Waals surface area contributed by atoms with Gasteiger partial charge in [-0.25, -0.2) is 0 Å². The molecule has 5 heteroatoms. The average molecular weight is 353 g/mol. The molecule has 0 aliphatic carbocycles. The number of benzene rings is 1. The lowest BCUT2D eigenvalue weighted by Crippen LogP contribution is -2.18. The van der Waals surface area contributed by atoms with Crippen molar-refractivity contribution in [2.24, 2.45) is 0 Å². The van der Waals surface area contributed by atoms with Crippen molar-refractivity contribution < 1.29 is 9.84 Å². The first-order valence-corrected chi connectivity index (χ1v) is 6.62. The van der Waals surface area contributed by atoms with E-state index in [4.69, 9.17) is 4.74 Å². The number of rotatable bonds is 5. The predicted octanol–water partition coefficient (Wildman–Crippen LogP) is 3.40. The minimum atomic E-state index is -0.332. The summed E-state index contributed by atoms with van der Waals surface area (Å²) in [6.07, 6.45) is 0.403. The summed E-state index contributed by atoms with van der Waals surface area (Å²) < 4.78 is 7.03. The Labute approximate surface area is 112 Å². The lowest BCUT2D eigenvalue weighted by molar-refractivity contribution is 0.183. The van der Waals surface area contributed by atoms with Crippen molar-refractivity contribution in [3.05, 3.63) is 21.1 Å². The summed E-state index contributed by atoms with van der Waals surface area (Å²) in [5.41, 5.74) is 0.910. The molecule has 0 bridgehead atoms. The second kappa shape index (κ2) is 6.47. The largest absolute Gasteiger partial charge is 0.495 e. The van der Waals surface area contributed by atoms with Gasteiger partial charge in [0.2, 0.25) is 0 Å². The number of halogens is 2. The Morgan fingerprint density at radius 1 is 1.38 bits per heavy atom. The number of hydrogen-bond acceptors (Lipinski definition) is 3. The smallest absolute Gasteiger partial charge is 0.135 e. The maximum absolute atomic E-state index is 9.47. The summed E-state index contributed by atoms with van der Waals surface area (Å²) in [6.45, 7) is 2.48. The number of aliphatic hydroxyl groups excluding tert-OH is 1. The molecule has 1 aromatic carbocycles. The number of anilines is 1. The molecular formula is C11H15Br2NO2. The first-order chi connectivity index (χ1) is 7.58. The Hall–Kier alpha value is -0.260. The molecule has 1 aromatic rings. The molecule has 3 nitrogen and oxygen atoms in total. The number of nitrogens with one attached hydrogen (secondary N) is 1. The molecule has 0 aromatic heterocycles. The van der Waals surface area contributed by atoms with E-state index in [1.54, 1.807) is 7.11 Å². The average Bonchev–Trinajstić information content (AvgIpc) is 2.27. The molecule has 0 saturated carbocycles. The maximum atomic E-state index is 9.47. The highest BCUT2D eigenvalue weighted by Crippen LogP contribution is 2.34. The molecule has 0 radical (unpaired) electrons. The fourth-order valence-corrected chi connectivity index (χ4v) is 2.49. The van der Waals surface area contributed by atoms with Crippen LogP contribution in [0.2, 0.25) is 0 Å². The summed E-state index contributed by atoms with van der Waals surface area (Å²) in [6, 6.07) is 3.80. The lowest BCUT2D eigenvalue weighted by atomic mass is 10.2. The van der Waals surface area contributed by atoms with Crippen LogP contribution in [0.4, 0.5) is 5.69 Å². The van der Waals surface area contributed by atoms with Gasteiger partial charge in [0.1, 0.15) is 5.75 Å². The molecule has 0 spiro atoms. The van der Waals surface area contributed by atoms with E-state index < -0.39 is 0 Å². The van der Waals surface area contributed by atoms with Crippen molar-refractivity contribution in [1.82, 2.24) is 0 Å². The van der Waals surface area contributed by atoms with Crippen LogP contribution in [0.5, 0.6) is 5.75 Å². The quantitative estimate of drug-likeness (QED) is 0.853. The van der Waals surface area contributed by atoms with Crippen LogP contribution in [0, 0.1) is 0 Å². The number of aliphatic hydroxyl groups is 1. The van der Waals surface area contributed by atoms with Crippen molar-refractivity contribution in [1.29, 1.82) is 0 Å². The fourth-order valence-electron chi connectivity index (χ4n) is 1.19. The van der Waals surface area contributed by atoms with Crippen LogP contribution in [0.25, 0.3) is 0 Å². The normalized spacial score (nSPS) is 12.3. The van der Waals surface area contributed by atoms with Crippen LogP contribution >= 0.6 is 31.9 Å². The first-order valence-electron chi connectivity index (χ1n) is 5.03. The van der Waals surface area contributed by atoms with Gasteiger partial charge >= 0.3 is 0 Å². The molecular weight excluding hydrogens is 338 g/mol. The van der Waals surface area contributed by atoms with Gasteiger partial charge in [-0.05, 0) is 44.3 Å². The molecule has 0 saturated heterocycles. The predicted molar refractivity (Wildman–Crippen MR) is 73.2 cm³/mol. The third-order valence-corrected chi connectivity index (χ3v) is 3.52. The molecule has 1 atom stereocenters. The summed E-state index contributed by atoms with van der Waals surface area (Å²) in [5, 5.41) is 12.6. The zero-order chi connectivity index (χ0) is 12.1. The van der Waals surface area contributed by atoms with Crippen molar-refractivity contribution in [2.45, 2.75) is 19.4 Å². The molecule has 0 heterocycles. The maximum Gasteiger partial charge on any atom is 0.135 e. The minimum Gasteiger partial charge on any atom is -0.495 e. The van der Waals surface area contributed by atoms with Gasteiger partial charge in [-0.1, -0.05) is 6.92 Å². The van der Waals surface area contributed by atoms with Gasteiger partial charge in [0.25, 0.3) is 0 Å². The highest BCUT2D eigenvalue weighted by atomic mass is 79.9. The monoisotopic (exact) mass is 351 g/mol. The van der Waals surface area contributed by atoms with Gasteiger partial charge < -0.3 is 15.2 Å².